The minimum absolute atomic E-state index is 0.206. The SMILES string of the molecule is CCS(=O)(=O)CCCNCC(C)(O)CSC. The van der Waals surface area contributed by atoms with Crippen LogP contribution in [0.4, 0.5) is 0 Å². The highest BCUT2D eigenvalue weighted by atomic mass is 32.2. The van der Waals surface area contributed by atoms with Gasteiger partial charge in [-0.05, 0) is 26.1 Å². The topological polar surface area (TPSA) is 66.4 Å². The van der Waals surface area contributed by atoms with Crippen LogP contribution in [-0.2, 0) is 9.84 Å². The number of aliphatic hydroxyl groups is 1. The van der Waals surface area contributed by atoms with Crippen LogP contribution in [0.5, 0.6) is 0 Å². The number of hydrogen-bond acceptors (Lipinski definition) is 5. The third-order valence-corrected chi connectivity index (χ3v) is 4.91. The van der Waals surface area contributed by atoms with E-state index in [-0.39, 0.29) is 11.5 Å². The normalized spacial score (nSPS) is 16.0. The summed E-state index contributed by atoms with van der Waals surface area (Å²) in [6.45, 7) is 4.56. The van der Waals surface area contributed by atoms with Gasteiger partial charge in [0.15, 0.2) is 0 Å². The lowest BCUT2D eigenvalue weighted by Gasteiger charge is -2.22. The van der Waals surface area contributed by atoms with E-state index in [0.717, 1.165) is 0 Å². The van der Waals surface area contributed by atoms with Crippen molar-refractivity contribution in [3.8, 4) is 0 Å². The molecule has 2 N–H and O–H groups in total. The van der Waals surface area contributed by atoms with Gasteiger partial charge in [-0.3, -0.25) is 0 Å². The second-order valence-electron chi connectivity index (χ2n) is 4.20. The zero-order valence-corrected chi connectivity index (χ0v) is 12.0. The van der Waals surface area contributed by atoms with Crippen LogP contribution in [0.2, 0.25) is 0 Å². The molecule has 0 heterocycles. The molecule has 0 saturated heterocycles. The summed E-state index contributed by atoms with van der Waals surface area (Å²) in [5, 5.41) is 12.9. The molecular formula is C10H23NO3S2. The van der Waals surface area contributed by atoms with Gasteiger partial charge in [0.25, 0.3) is 0 Å². The van der Waals surface area contributed by atoms with Gasteiger partial charge in [0, 0.05) is 18.1 Å². The Morgan fingerprint density at radius 3 is 2.56 bits per heavy atom. The molecule has 0 amide bonds. The molecule has 0 aromatic rings. The Labute approximate surface area is 103 Å². The van der Waals surface area contributed by atoms with Crippen molar-refractivity contribution in [2.45, 2.75) is 25.9 Å². The molecule has 0 bridgehead atoms. The van der Waals surface area contributed by atoms with Gasteiger partial charge in [0.05, 0.1) is 11.4 Å². The quantitative estimate of drug-likeness (QED) is 0.597. The van der Waals surface area contributed by atoms with Crippen LogP contribution in [0.3, 0.4) is 0 Å². The first-order valence-electron chi connectivity index (χ1n) is 5.45. The Balaban J connectivity index is 3.62. The Kier molecular flexibility index (Phi) is 7.63. The molecule has 0 aromatic heterocycles. The summed E-state index contributed by atoms with van der Waals surface area (Å²) in [5.41, 5.74) is -0.719. The molecule has 0 aliphatic carbocycles. The fourth-order valence-corrected chi connectivity index (χ4v) is 2.88. The van der Waals surface area contributed by atoms with Crippen LogP contribution in [0.1, 0.15) is 20.3 Å². The van der Waals surface area contributed by atoms with Crippen molar-refractivity contribution in [1.82, 2.24) is 5.32 Å². The van der Waals surface area contributed by atoms with Gasteiger partial charge in [-0.25, -0.2) is 8.42 Å². The first kappa shape index (κ1) is 16.2. The van der Waals surface area contributed by atoms with E-state index in [1.165, 1.54) is 0 Å². The van der Waals surface area contributed by atoms with Crippen LogP contribution in [0.25, 0.3) is 0 Å². The van der Waals surface area contributed by atoms with Gasteiger partial charge >= 0.3 is 0 Å². The van der Waals surface area contributed by atoms with Gasteiger partial charge in [0.1, 0.15) is 9.84 Å². The highest BCUT2D eigenvalue weighted by molar-refractivity contribution is 7.98. The van der Waals surface area contributed by atoms with E-state index in [1.807, 2.05) is 6.26 Å². The van der Waals surface area contributed by atoms with Crippen LogP contribution < -0.4 is 5.32 Å². The van der Waals surface area contributed by atoms with Crippen molar-refractivity contribution in [3.05, 3.63) is 0 Å². The first-order chi connectivity index (χ1) is 7.33. The Hall–Kier alpha value is 0.220. The monoisotopic (exact) mass is 269 g/mol. The average molecular weight is 269 g/mol. The Morgan fingerprint density at radius 1 is 1.44 bits per heavy atom. The maximum absolute atomic E-state index is 11.2. The fourth-order valence-electron chi connectivity index (χ4n) is 1.28. The summed E-state index contributed by atoms with van der Waals surface area (Å²) in [6, 6.07) is 0. The molecule has 0 aromatic carbocycles. The summed E-state index contributed by atoms with van der Waals surface area (Å²) in [4.78, 5) is 0. The summed E-state index contributed by atoms with van der Waals surface area (Å²) >= 11 is 1.59. The molecule has 1 unspecified atom stereocenters. The highest BCUT2D eigenvalue weighted by Crippen LogP contribution is 2.08. The molecule has 1 atom stereocenters. The summed E-state index contributed by atoms with van der Waals surface area (Å²) in [6.07, 6.45) is 2.55. The lowest BCUT2D eigenvalue weighted by molar-refractivity contribution is 0.0852. The minimum atomic E-state index is -2.85. The number of sulfone groups is 1. The summed E-state index contributed by atoms with van der Waals surface area (Å²) in [7, 11) is -2.85. The predicted octanol–water partition coefficient (Wildman–Crippen LogP) is 0.515. The van der Waals surface area contributed by atoms with Crippen molar-refractivity contribution in [2.24, 2.45) is 0 Å². The average Bonchev–Trinajstić information content (AvgIpc) is 2.17. The van der Waals surface area contributed by atoms with Crippen molar-refractivity contribution < 1.29 is 13.5 Å². The number of hydrogen-bond donors (Lipinski definition) is 2. The minimum Gasteiger partial charge on any atom is -0.388 e. The maximum atomic E-state index is 11.2. The lowest BCUT2D eigenvalue weighted by Crippen LogP contribution is -2.40. The second-order valence-corrected chi connectivity index (χ2v) is 7.54. The molecule has 98 valence electrons. The third kappa shape index (κ3) is 8.38. The fraction of sp³-hybridized carbons (Fsp3) is 1.00. The van der Waals surface area contributed by atoms with E-state index in [2.05, 4.69) is 5.32 Å². The predicted molar refractivity (Wildman–Crippen MR) is 70.8 cm³/mol. The van der Waals surface area contributed by atoms with Gasteiger partial charge in [-0.15, -0.1) is 0 Å². The zero-order valence-electron chi connectivity index (χ0n) is 10.3. The number of thioether (sulfide) groups is 1. The van der Waals surface area contributed by atoms with E-state index < -0.39 is 15.4 Å². The molecule has 0 radical (unpaired) electrons. The molecule has 0 saturated carbocycles. The van der Waals surface area contributed by atoms with Gasteiger partial charge in [-0.1, -0.05) is 6.92 Å². The highest BCUT2D eigenvalue weighted by Gasteiger charge is 2.18. The van der Waals surface area contributed by atoms with Gasteiger partial charge < -0.3 is 10.4 Å². The molecule has 0 aliphatic rings. The Bertz CT molecular complexity index is 276. The lowest BCUT2D eigenvalue weighted by atomic mass is 10.1. The van der Waals surface area contributed by atoms with Crippen molar-refractivity contribution in [2.75, 3.05) is 36.6 Å². The molecule has 0 rings (SSSR count). The molecule has 0 aliphatic heterocycles. The summed E-state index contributed by atoms with van der Waals surface area (Å²) < 4.78 is 22.4. The van der Waals surface area contributed by atoms with Gasteiger partial charge in [0.2, 0.25) is 0 Å². The third-order valence-electron chi connectivity index (χ3n) is 2.21. The van der Waals surface area contributed by atoms with E-state index >= 15 is 0 Å². The molecule has 0 fully saturated rings. The van der Waals surface area contributed by atoms with Crippen molar-refractivity contribution in [1.29, 1.82) is 0 Å². The van der Waals surface area contributed by atoms with Crippen LogP contribution in [0.15, 0.2) is 0 Å². The maximum Gasteiger partial charge on any atom is 0.150 e. The van der Waals surface area contributed by atoms with E-state index in [0.29, 0.717) is 25.3 Å². The van der Waals surface area contributed by atoms with Crippen molar-refractivity contribution in [3.63, 3.8) is 0 Å². The van der Waals surface area contributed by atoms with Crippen LogP contribution in [0, 0.1) is 0 Å². The van der Waals surface area contributed by atoms with E-state index in [4.69, 9.17) is 0 Å². The molecule has 4 nitrogen and oxygen atoms in total. The Morgan fingerprint density at radius 2 is 2.06 bits per heavy atom. The second kappa shape index (κ2) is 7.53. The van der Waals surface area contributed by atoms with Gasteiger partial charge in [-0.2, -0.15) is 11.8 Å². The molecule has 6 heteroatoms. The zero-order chi connectivity index (χ0) is 12.7. The van der Waals surface area contributed by atoms with Crippen molar-refractivity contribution >= 4 is 21.6 Å². The van der Waals surface area contributed by atoms with Crippen LogP contribution >= 0.6 is 11.8 Å². The summed E-state index contributed by atoms with van der Waals surface area (Å²) in [5.74, 6) is 1.10. The smallest absolute Gasteiger partial charge is 0.150 e. The molecule has 0 spiro atoms. The van der Waals surface area contributed by atoms with E-state index in [1.54, 1.807) is 25.6 Å². The van der Waals surface area contributed by atoms with Crippen LogP contribution in [-0.4, -0.2) is 55.7 Å². The molecule has 16 heavy (non-hydrogen) atoms. The largest absolute Gasteiger partial charge is 0.388 e. The first-order valence-corrected chi connectivity index (χ1v) is 8.67. The molecular weight excluding hydrogens is 246 g/mol. The standard InChI is InChI=1S/C10H23NO3S2/c1-4-16(13,14)7-5-6-11-8-10(2,12)9-15-3/h11-12H,4-9H2,1-3H3. The number of nitrogens with one attached hydrogen (secondary N) is 1. The van der Waals surface area contributed by atoms with E-state index in [9.17, 15) is 13.5 Å². The number of rotatable bonds is 9.